The van der Waals surface area contributed by atoms with E-state index in [1.54, 1.807) is 6.92 Å². The molecule has 0 unspecified atom stereocenters. The minimum Gasteiger partial charge on any atom is -0.477 e. The first-order valence-electron chi connectivity index (χ1n) is 4.56. The molecule has 0 saturated carbocycles. The molecule has 0 amide bonds. The molecule has 0 bridgehead atoms. The number of aromatic carboxylic acids is 1. The van der Waals surface area contributed by atoms with Crippen LogP contribution in [0.2, 0.25) is 0 Å². The van der Waals surface area contributed by atoms with E-state index < -0.39 is 5.97 Å². The van der Waals surface area contributed by atoms with Crippen LogP contribution in [-0.4, -0.2) is 21.0 Å². The van der Waals surface area contributed by atoms with Crippen molar-refractivity contribution in [1.29, 1.82) is 0 Å². The van der Waals surface area contributed by atoms with Crippen molar-refractivity contribution in [1.82, 2.24) is 9.97 Å². The SMILES string of the molecule is C=C(CC)Nc1nc(C)cc(C(=O)O)n1. The number of nitrogens with zero attached hydrogens (tertiary/aromatic N) is 2. The van der Waals surface area contributed by atoms with Gasteiger partial charge in [0.05, 0.1) is 0 Å². The van der Waals surface area contributed by atoms with E-state index in [1.807, 2.05) is 6.92 Å². The van der Waals surface area contributed by atoms with Gasteiger partial charge < -0.3 is 10.4 Å². The summed E-state index contributed by atoms with van der Waals surface area (Å²) in [6.07, 6.45) is 0.736. The van der Waals surface area contributed by atoms with E-state index >= 15 is 0 Å². The molecule has 0 saturated heterocycles. The van der Waals surface area contributed by atoms with Crippen molar-refractivity contribution in [2.24, 2.45) is 0 Å². The largest absolute Gasteiger partial charge is 0.477 e. The molecule has 0 aromatic carbocycles. The fraction of sp³-hybridized carbons (Fsp3) is 0.300. The van der Waals surface area contributed by atoms with Gasteiger partial charge in [0.1, 0.15) is 0 Å². The molecule has 0 radical (unpaired) electrons. The van der Waals surface area contributed by atoms with Gasteiger partial charge in [0.2, 0.25) is 5.95 Å². The Morgan fingerprint density at radius 2 is 2.27 bits per heavy atom. The van der Waals surface area contributed by atoms with E-state index in [9.17, 15) is 4.79 Å². The maximum absolute atomic E-state index is 10.7. The number of aryl methyl sites for hydroxylation is 1. The average molecular weight is 207 g/mol. The molecule has 0 spiro atoms. The Bertz CT molecular complexity index is 402. The lowest BCUT2D eigenvalue weighted by Gasteiger charge is -2.06. The Morgan fingerprint density at radius 3 is 2.80 bits per heavy atom. The van der Waals surface area contributed by atoms with Crippen LogP contribution in [0.3, 0.4) is 0 Å². The van der Waals surface area contributed by atoms with Crippen molar-refractivity contribution in [2.45, 2.75) is 20.3 Å². The van der Waals surface area contributed by atoms with Gasteiger partial charge in [0, 0.05) is 11.4 Å². The molecule has 0 aliphatic rings. The summed E-state index contributed by atoms with van der Waals surface area (Å²) in [5.41, 5.74) is 1.33. The second kappa shape index (κ2) is 4.54. The maximum Gasteiger partial charge on any atom is 0.354 e. The van der Waals surface area contributed by atoms with E-state index in [0.717, 1.165) is 12.1 Å². The molecule has 2 N–H and O–H groups in total. The van der Waals surface area contributed by atoms with Gasteiger partial charge in [-0.3, -0.25) is 0 Å². The highest BCUT2D eigenvalue weighted by Gasteiger charge is 2.08. The summed E-state index contributed by atoms with van der Waals surface area (Å²) in [6.45, 7) is 7.38. The third kappa shape index (κ3) is 3.05. The Kier molecular flexibility index (Phi) is 3.38. The van der Waals surface area contributed by atoms with Gasteiger partial charge in [-0.05, 0) is 19.4 Å². The summed E-state index contributed by atoms with van der Waals surface area (Å²) < 4.78 is 0. The molecule has 0 aliphatic carbocycles. The molecule has 0 atom stereocenters. The van der Waals surface area contributed by atoms with Crippen LogP contribution in [0, 0.1) is 6.92 Å². The minimum absolute atomic E-state index is 0.0195. The van der Waals surface area contributed by atoms with Crippen LogP contribution in [0.15, 0.2) is 18.3 Å². The fourth-order valence-corrected chi connectivity index (χ4v) is 0.981. The van der Waals surface area contributed by atoms with Crippen LogP contribution in [0.25, 0.3) is 0 Å². The van der Waals surface area contributed by atoms with E-state index in [1.165, 1.54) is 6.07 Å². The molecule has 80 valence electrons. The van der Waals surface area contributed by atoms with Crippen molar-refractivity contribution >= 4 is 11.9 Å². The van der Waals surface area contributed by atoms with Crippen molar-refractivity contribution in [2.75, 3.05) is 5.32 Å². The number of anilines is 1. The van der Waals surface area contributed by atoms with Gasteiger partial charge in [-0.2, -0.15) is 0 Å². The Balaban J connectivity index is 2.98. The Hall–Kier alpha value is -1.91. The summed E-state index contributed by atoms with van der Waals surface area (Å²) in [7, 11) is 0. The van der Waals surface area contributed by atoms with Gasteiger partial charge in [-0.25, -0.2) is 14.8 Å². The predicted molar refractivity (Wildman–Crippen MR) is 56.8 cm³/mol. The molecule has 1 rings (SSSR count). The third-order valence-electron chi connectivity index (χ3n) is 1.79. The average Bonchev–Trinajstić information content (AvgIpc) is 2.16. The van der Waals surface area contributed by atoms with Gasteiger partial charge in [0.15, 0.2) is 5.69 Å². The third-order valence-corrected chi connectivity index (χ3v) is 1.79. The Labute approximate surface area is 87.9 Å². The molecule has 5 heteroatoms. The number of nitrogens with one attached hydrogen (secondary N) is 1. The first kappa shape index (κ1) is 11.2. The molecular formula is C10H13N3O2. The lowest BCUT2D eigenvalue weighted by atomic mass is 10.3. The van der Waals surface area contributed by atoms with Crippen LogP contribution in [-0.2, 0) is 0 Å². The summed E-state index contributed by atoms with van der Waals surface area (Å²) in [6, 6.07) is 1.42. The minimum atomic E-state index is -1.06. The number of allylic oxidation sites excluding steroid dienone is 1. The number of hydrogen-bond acceptors (Lipinski definition) is 4. The van der Waals surface area contributed by atoms with Crippen LogP contribution < -0.4 is 5.32 Å². The van der Waals surface area contributed by atoms with Gasteiger partial charge in [-0.15, -0.1) is 0 Å². The second-order valence-electron chi connectivity index (χ2n) is 3.11. The van der Waals surface area contributed by atoms with E-state index in [2.05, 4.69) is 21.9 Å². The predicted octanol–water partition coefficient (Wildman–Crippen LogP) is 1.82. The standard InChI is InChI=1S/C10H13N3O2/c1-4-6(2)11-10-12-7(3)5-8(13-10)9(14)15/h5H,2,4H2,1,3H3,(H,14,15)(H,11,12,13). The second-order valence-corrected chi connectivity index (χ2v) is 3.11. The number of carboxylic acids is 1. The summed E-state index contributed by atoms with van der Waals surface area (Å²) in [5, 5.41) is 11.6. The lowest BCUT2D eigenvalue weighted by molar-refractivity contribution is 0.0690. The molecular weight excluding hydrogens is 194 g/mol. The van der Waals surface area contributed by atoms with E-state index in [4.69, 9.17) is 5.11 Å². The topological polar surface area (TPSA) is 75.1 Å². The van der Waals surface area contributed by atoms with Crippen LogP contribution in [0.5, 0.6) is 0 Å². The first-order chi connectivity index (χ1) is 7.02. The van der Waals surface area contributed by atoms with Crippen molar-refractivity contribution in [3.8, 4) is 0 Å². The molecule has 0 aliphatic heterocycles. The first-order valence-corrected chi connectivity index (χ1v) is 4.56. The number of rotatable bonds is 4. The van der Waals surface area contributed by atoms with Crippen LogP contribution in [0.4, 0.5) is 5.95 Å². The van der Waals surface area contributed by atoms with E-state index in [0.29, 0.717) is 5.69 Å². The van der Waals surface area contributed by atoms with Crippen molar-refractivity contribution in [3.05, 3.63) is 29.7 Å². The highest BCUT2D eigenvalue weighted by atomic mass is 16.4. The number of hydrogen-bond donors (Lipinski definition) is 2. The monoisotopic (exact) mass is 207 g/mol. The fourth-order valence-electron chi connectivity index (χ4n) is 0.981. The molecule has 1 aromatic heterocycles. The van der Waals surface area contributed by atoms with Gasteiger partial charge in [-0.1, -0.05) is 13.5 Å². The lowest BCUT2D eigenvalue weighted by Crippen LogP contribution is -2.08. The summed E-state index contributed by atoms with van der Waals surface area (Å²) >= 11 is 0. The zero-order valence-corrected chi connectivity index (χ0v) is 8.74. The molecule has 5 nitrogen and oxygen atoms in total. The quantitative estimate of drug-likeness (QED) is 0.787. The highest BCUT2D eigenvalue weighted by Crippen LogP contribution is 2.08. The Morgan fingerprint density at radius 1 is 1.60 bits per heavy atom. The number of aromatic nitrogens is 2. The zero-order chi connectivity index (χ0) is 11.4. The van der Waals surface area contributed by atoms with Crippen molar-refractivity contribution < 1.29 is 9.90 Å². The zero-order valence-electron chi connectivity index (χ0n) is 8.74. The molecule has 0 fully saturated rings. The van der Waals surface area contributed by atoms with Crippen molar-refractivity contribution in [3.63, 3.8) is 0 Å². The van der Waals surface area contributed by atoms with Gasteiger partial charge in [0.25, 0.3) is 0 Å². The normalized spacial score (nSPS) is 9.73. The van der Waals surface area contributed by atoms with Crippen LogP contribution >= 0.6 is 0 Å². The smallest absolute Gasteiger partial charge is 0.354 e. The highest BCUT2D eigenvalue weighted by molar-refractivity contribution is 5.85. The van der Waals surface area contributed by atoms with E-state index in [-0.39, 0.29) is 11.6 Å². The molecule has 1 aromatic rings. The number of carbonyl (C=O) groups is 1. The number of carboxylic acid groups (broad SMARTS) is 1. The molecule has 1 heterocycles. The molecule has 15 heavy (non-hydrogen) atoms. The van der Waals surface area contributed by atoms with Gasteiger partial charge >= 0.3 is 5.97 Å². The van der Waals surface area contributed by atoms with Crippen LogP contribution in [0.1, 0.15) is 29.5 Å². The summed E-state index contributed by atoms with van der Waals surface area (Å²) in [4.78, 5) is 18.6. The maximum atomic E-state index is 10.7. The summed E-state index contributed by atoms with van der Waals surface area (Å²) in [5.74, 6) is -0.787.